The van der Waals surface area contributed by atoms with E-state index in [1.807, 2.05) is 6.07 Å². The van der Waals surface area contributed by atoms with E-state index < -0.39 is 11.9 Å². The lowest BCUT2D eigenvalue weighted by molar-refractivity contribution is -0.139. The van der Waals surface area contributed by atoms with E-state index in [4.69, 9.17) is 36.3 Å². The van der Waals surface area contributed by atoms with Crippen molar-refractivity contribution in [2.24, 2.45) is 5.73 Å². The van der Waals surface area contributed by atoms with Crippen LogP contribution in [-0.2, 0) is 14.3 Å². The highest BCUT2D eigenvalue weighted by atomic mass is 35.5. The van der Waals surface area contributed by atoms with Gasteiger partial charge in [0, 0.05) is 11.1 Å². The standard InChI is InChI=1S/C20H21ClN2O5/c1-5-7-27-16-9-14(21)12(8-15(16)25-4)18-13(10-22)19(23)28-11(3)17(18)20(24)26-6-2/h5,8-9,18H,1,6-7,23H2,2-4H3. The zero-order chi connectivity index (χ0) is 20.8. The van der Waals surface area contributed by atoms with Gasteiger partial charge in [-0.05, 0) is 25.5 Å². The first-order valence-corrected chi connectivity index (χ1v) is 8.83. The Morgan fingerprint density at radius 3 is 2.75 bits per heavy atom. The number of ether oxygens (including phenoxy) is 4. The van der Waals surface area contributed by atoms with Gasteiger partial charge in [-0.25, -0.2) is 4.79 Å². The van der Waals surface area contributed by atoms with Gasteiger partial charge < -0.3 is 24.7 Å². The topological polar surface area (TPSA) is 104 Å². The zero-order valence-electron chi connectivity index (χ0n) is 15.9. The number of rotatable bonds is 7. The number of hydrogen-bond acceptors (Lipinski definition) is 7. The molecule has 0 saturated heterocycles. The molecule has 148 valence electrons. The van der Waals surface area contributed by atoms with E-state index in [2.05, 4.69) is 6.58 Å². The second-order valence-corrected chi connectivity index (χ2v) is 6.15. The Morgan fingerprint density at radius 2 is 2.18 bits per heavy atom. The molecule has 1 unspecified atom stereocenters. The Hall–Kier alpha value is -3.11. The first-order chi connectivity index (χ1) is 13.4. The van der Waals surface area contributed by atoms with Crippen LogP contribution in [0.3, 0.4) is 0 Å². The summed E-state index contributed by atoms with van der Waals surface area (Å²) in [6.45, 7) is 7.28. The van der Waals surface area contributed by atoms with Gasteiger partial charge in [-0.3, -0.25) is 0 Å². The van der Waals surface area contributed by atoms with Crippen LogP contribution in [0.25, 0.3) is 0 Å². The summed E-state index contributed by atoms with van der Waals surface area (Å²) < 4.78 is 21.5. The molecule has 0 fully saturated rings. The van der Waals surface area contributed by atoms with Crippen LogP contribution in [0.15, 0.2) is 47.6 Å². The average Bonchev–Trinajstić information content (AvgIpc) is 2.66. The fraction of sp³-hybridized carbons (Fsp3) is 0.300. The molecule has 0 aromatic heterocycles. The van der Waals surface area contributed by atoms with Crippen molar-refractivity contribution in [2.75, 3.05) is 20.3 Å². The quantitative estimate of drug-likeness (QED) is 0.547. The Balaban J connectivity index is 2.68. The summed E-state index contributed by atoms with van der Waals surface area (Å²) in [7, 11) is 1.47. The molecule has 1 aromatic carbocycles. The molecule has 1 aliphatic rings. The molecule has 0 bridgehead atoms. The van der Waals surface area contributed by atoms with Crippen molar-refractivity contribution in [1.29, 1.82) is 5.26 Å². The fourth-order valence-corrected chi connectivity index (χ4v) is 3.12. The molecule has 28 heavy (non-hydrogen) atoms. The minimum atomic E-state index is -0.868. The molecule has 0 amide bonds. The lowest BCUT2D eigenvalue weighted by atomic mass is 9.83. The molecule has 8 heteroatoms. The van der Waals surface area contributed by atoms with Gasteiger partial charge in [-0.15, -0.1) is 0 Å². The number of benzene rings is 1. The zero-order valence-corrected chi connectivity index (χ0v) is 16.6. The maximum absolute atomic E-state index is 12.6. The van der Waals surface area contributed by atoms with E-state index in [0.717, 1.165) is 0 Å². The van der Waals surface area contributed by atoms with Crippen molar-refractivity contribution in [1.82, 2.24) is 0 Å². The number of hydrogen-bond donors (Lipinski definition) is 1. The lowest BCUT2D eigenvalue weighted by Crippen LogP contribution is -2.25. The van der Waals surface area contributed by atoms with Crippen LogP contribution in [0.2, 0.25) is 5.02 Å². The van der Waals surface area contributed by atoms with Crippen molar-refractivity contribution < 1.29 is 23.7 Å². The van der Waals surface area contributed by atoms with E-state index >= 15 is 0 Å². The van der Waals surface area contributed by atoms with E-state index in [1.165, 1.54) is 7.11 Å². The summed E-state index contributed by atoms with van der Waals surface area (Å²) in [4.78, 5) is 12.6. The predicted octanol–water partition coefficient (Wildman–Crippen LogP) is 3.56. The smallest absolute Gasteiger partial charge is 0.338 e. The Labute approximate surface area is 168 Å². The minimum Gasteiger partial charge on any atom is -0.493 e. The predicted molar refractivity (Wildman–Crippen MR) is 104 cm³/mol. The van der Waals surface area contributed by atoms with Crippen LogP contribution in [0.4, 0.5) is 0 Å². The highest BCUT2D eigenvalue weighted by Gasteiger charge is 2.38. The number of carbonyl (C=O) groups excluding carboxylic acids is 1. The maximum Gasteiger partial charge on any atom is 0.338 e. The lowest BCUT2D eigenvalue weighted by Gasteiger charge is -2.28. The Kier molecular flexibility index (Phi) is 6.96. The second kappa shape index (κ2) is 9.20. The highest BCUT2D eigenvalue weighted by molar-refractivity contribution is 6.31. The van der Waals surface area contributed by atoms with E-state index in [-0.39, 0.29) is 41.0 Å². The number of nitriles is 1. The van der Waals surface area contributed by atoms with Gasteiger partial charge in [0.05, 0.1) is 25.2 Å². The summed E-state index contributed by atoms with van der Waals surface area (Å²) in [6, 6.07) is 5.17. The molecular weight excluding hydrogens is 384 g/mol. The van der Waals surface area contributed by atoms with Gasteiger partial charge in [-0.1, -0.05) is 24.3 Å². The van der Waals surface area contributed by atoms with Gasteiger partial charge >= 0.3 is 5.97 Å². The molecule has 2 rings (SSSR count). The van der Waals surface area contributed by atoms with Crippen molar-refractivity contribution in [3.05, 3.63) is 58.2 Å². The molecule has 1 aromatic rings. The Bertz CT molecular complexity index is 899. The van der Waals surface area contributed by atoms with Crippen molar-refractivity contribution in [3.63, 3.8) is 0 Å². The van der Waals surface area contributed by atoms with Gasteiger partial charge in [0.2, 0.25) is 5.88 Å². The van der Waals surface area contributed by atoms with Crippen LogP contribution in [0.5, 0.6) is 11.5 Å². The molecule has 7 nitrogen and oxygen atoms in total. The fourth-order valence-electron chi connectivity index (χ4n) is 2.86. The number of nitrogens with zero attached hydrogens (tertiary/aromatic N) is 1. The van der Waals surface area contributed by atoms with E-state index in [1.54, 1.807) is 32.1 Å². The van der Waals surface area contributed by atoms with Gasteiger partial charge in [0.25, 0.3) is 0 Å². The summed E-state index contributed by atoms with van der Waals surface area (Å²) in [5.41, 5.74) is 6.54. The summed E-state index contributed by atoms with van der Waals surface area (Å²) in [6.07, 6.45) is 1.59. The molecule has 0 radical (unpaired) electrons. The maximum atomic E-state index is 12.6. The molecular formula is C20H21ClN2O5. The number of esters is 1. The monoisotopic (exact) mass is 404 g/mol. The normalized spacial score (nSPS) is 16.2. The molecule has 0 saturated carbocycles. The number of nitrogens with two attached hydrogens (primary N) is 1. The van der Waals surface area contributed by atoms with Gasteiger partial charge in [0.1, 0.15) is 24.0 Å². The van der Waals surface area contributed by atoms with Gasteiger partial charge in [0.15, 0.2) is 11.5 Å². The number of methoxy groups -OCH3 is 1. The van der Waals surface area contributed by atoms with Crippen molar-refractivity contribution in [2.45, 2.75) is 19.8 Å². The van der Waals surface area contributed by atoms with Crippen molar-refractivity contribution in [3.8, 4) is 17.6 Å². The molecule has 2 N–H and O–H groups in total. The summed E-state index contributed by atoms with van der Waals surface area (Å²) in [5.74, 6) is -0.566. The third-order valence-corrected chi connectivity index (χ3v) is 4.38. The van der Waals surface area contributed by atoms with E-state index in [0.29, 0.717) is 17.1 Å². The molecule has 0 spiro atoms. The third-order valence-electron chi connectivity index (χ3n) is 4.05. The molecule has 1 atom stereocenters. The van der Waals surface area contributed by atoms with Crippen LogP contribution < -0.4 is 15.2 Å². The largest absolute Gasteiger partial charge is 0.493 e. The minimum absolute atomic E-state index is 0.0531. The first kappa shape index (κ1) is 21.2. The first-order valence-electron chi connectivity index (χ1n) is 8.46. The van der Waals surface area contributed by atoms with E-state index in [9.17, 15) is 10.1 Å². The SMILES string of the molecule is C=CCOc1cc(Cl)c(C2C(C#N)=C(N)OC(C)=C2C(=O)OCC)cc1OC. The molecule has 1 heterocycles. The third kappa shape index (κ3) is 4.07. The highest BCUT2D eigenvalue weighted by Crippen LogP contribution is 2.45. The van der Waals surface area contributed by atoms with Crippen LogP contribution in [0, 0.1) is 11.3 Å². The van der Waals surface area contributed by atoms with Gasteiger partial charge in [-0.2, -0.15) is 5.26 Å². The number of halogens is 1. The average molecular weight is 405 g/mol. The number of allylic oxidation sites excluding steroid dienone is 2. The van der Waals surface area contributed by atoms with Crippen LogP contribution in [0.1, 0.15) is 25.3 Å². The van der Waals surface area contributed by atoms with Crippen LogP contribution in [-0.4, -0.2) is 26.3 Å². The number of carbonyl (C=O) groups is 1. The molecule has 1 aliphatic heterocycles. The summed E-state index contributed by atoms with van der Waals surface area (Å²) >= 11 is 6.49. The Morgan fingerprint density at radius 1 is 1.46 bits per heavy atom. The second-order valence-electron chi connectivity index (χ2n) is 5.74. The summed E-state index contributed by atoms with van der Waals surface area (Å²) in [5, 5.41) is 9.91. The molecule has 0 aliphatic carbocycles. The van der Waals surface area contributed by atoms with Crippen LogP contribution >= 0.6 is 11.6 Å². The van der Waals surface area contributed by atoms with Crippen molar-refractivity contribution >= 4 is 17.6 Å².